The molecule has 0 aromatic heterocycles. The molecule has 2 saturated heterocycles. The van der Waals surface area contributed by atoms with Crippen LogP contribution in [0.1, 0.15) is 94.4 Å². The topological polar surface area (TPSA) is 175 Å². The molecule has 2 aliphatic heterocycles. The number of ether oxygens (including phenoxy) is 1. The number of carbonyl (C=O) groups excluding carboxylic acids is 5. The minimum Gasteiger partial charge on any atom is -0.378 e. The van der Waals surface area contributed by atoms with Crippen LogP contribution < -0.4 is 15.4 Å². The molecule has 5 amide bonds. The molecule has 3 N–H and O–H groups in total. The van der Waals surface area contributed by atoms with Crippen LogP contribution in [0.3, 0.4) is 0 Å². The summed E-state index contributed by atoms with van der Waals surface area (Å²) in [7, 11) is -1.47. The van der Waals surface area contributed by atoms with Crippen LogP contribution in [0.2, 0.25) is 0 Å². The van der Waals surface area contributed by atoms with Crippen LogP contribution in [0.5, 0.6) is 0 Å². The van der Waals surface area contributed by atoms with Crippen molar-refractivity contribution in [3.05, 3.63) is 35.9 Å². The average molecular weight is 857 g/mol. The Morgan fingerprint density at radius 3 is 2.07 bits per heavy atom. The predicted octanol–water partition coefficient (Wildman–Crippen LogP) is 4.86. The van der Waals surface area contributed by atoms with Gasteiger partial charge in [-0.25, -0.2) is 13.1 Å². The number of alkyl halides is 3. The highest BCUT2D eigenvalue weighted by molar-refractivity contribution is 7.90. The van der Waals surface area contributed by atoms with Crippen LogP contribution >= 0.6 is 0 Å². The van der Waals surface area contributed by atoms with Crippen LogP contribution in [0.15, 0.2) is 40.8 Å². The van der Waals surface area contributed by atoms with Gasteiger partial charge in [-0.15, -0.1) is 0 Å². The molecule has 1 aromatic rings. The number of rotatable bonds is 15. The number of sulfonamides is 1. The molecule has 6 atom stereocenters. The van der Waals surface area contributed by atoms with Crippen LogP contribution in [0.25, 0.3) is 0 Å². The number of carbonyl (C=O) groups is 5. The Kier molecular flexibility index (Phi) is 16.7. The summed E-state index contributed by atoms with van der Waals surface area (Å²) in [6, 6.07) is 1.66. The van der Waals surface area contributed by atoms with Gasteiger partial charge in [-0.3, -0.25) is 28.9 Å². The molecule has 14 nitrogen and oxygen atoms in total. The molecule has 0 unspecified atom stereocenters. The van der Waals surface area contributed by atoms with Crippen molar-refractivity contribution in [2.24, 2.45) is 17.3 Å². The SMILES string of the molecule is CO[C@H]([C@@H](C)C(=O)NS(=O)(=O)c1ccc(NC(=O)C(F)(F)F)cc1)[C@@H]1CCCN1C(=O)/C(C)=C/[C@H](C(C)C)N(C)C(=O)[C@@H](NC(=O)[C@H]1CCCCN1C(C)C)C(C)(C)C. The summed E-state index contributed by atoms with van der Waals surface area (Å²) in [6.07, 6.45) is -0.627. The number of piperidine rings is 1. The maximum Gasteiger partial charge on any atom is 0.471 e. The molecule has 0 radical (unpaired) electrons. The number of amides is 5. The fraction of sp³-hybridized carbons (Fsp3) is 0.683. The van der Waals surface area contributed by atoms with E-state index < -0.39 is 68.5 Å². The molecule has 0 saturated carbocycles. The first-order chi connectivity index (χ1) is 27.2. The second-order valence-electron chi connectivity index (χ2n) is 17.3. The van der Waals surface area contributed by atoms with E-state index in [-0.39, 0.29) is 41.4 Å². The lowest BCUT2D eigenvalue weighted by Gasteiger charge is -2.41. The lowest BCUT2D eigenvalue weighted by atomic mass is 9.84. The second-order valence-corrected chi connectivity index (χ2v) is 19.0. The lowest BCUT2D eigenvalue weighted by Crippen LogP contribution is -2.60. The minimum atomic E-state index is -5.14. The Morgan fingerprint density at radius 2 is 1.54 bits per heavy atom. The van der Waals surface area contributed by atoms with E-state index in [0.717, 1.165) is 43.7 Å². The predicted molar refractivity (Wildman–Crippen MR) is 217 cm³/mol. The Hall–Kier alpha value is -4.03. The number of methoxy groups -OCH3 is 1. The van der Waals surface area contributed by atoms with Gasteiger partial charge in [0.05, 0.1) is 35.0 Å². The molecular formula is C41H63F3N6O8S. The van der Waals surface area contributed by atoms with Gasteiger partial charge in [0.1, 0.15) is 6.04 Å². The van der Waals surface area contributed by atoms with Gasteiger partial charge in [-0.2, -0.15) is 13.2 Å². The zero-order valence-corrected chi connectivity index (χ0v) is 36.9. The lowest BCUT2D eigenvalue weighted by molar-refractivity contribution is -0.167. The molecule has 1 aromatic carbocycles. The summed E-state index contributed by atoms with van der Waals surface area (Å²) in [5, 5.41) is 4.71. The maximum absolute atomic E-state index is 14.3. The largest absolute Gasteiger partial charge is 0.471 e. The van der Waals surface area contributed by atoms with E-state index in [1.54, 1.807) is 35.2 Å². The van der Waals surface area contributed by atoms with Crippen molar-refractivity contribution in [1.29, 1.82) is 0 Å². The summed E-state index contributed by atoms with van der Waals surface area (Å²) in [6.45, 7) is 18.0. The van der Waals surface area contributed by atoms with Gasteiger partial charge in [0.25, 0.3) is 10.0 Å². The molecule has 18 heteroatoms. The van der Waals surface area contributed by atoms with Crippen LogP contribution in [0, 0.1) is 17.3 Å². The average Bonchev–Trinajstić information content (AvgIpc) is 3.63. The van der Waals surface area contributed by atoms with Gasteiger partial charge < -0.3 is 25.2 Å². The van der Waals surface area contributed by atoms with Crippen molar-refractivity contribution >= 4 is 45.2 Å². The zero-order chi connectivity index (χ0) is 44.8. The highest BCUT2D eigenvalue weighted by atomic mass is 32.2. The number of benzene rings is 1. The smallest absolute Gasteiger partial charge is 0.378 e. The first-order valence-electron chi connectivity index (χ1n) is 20.1. The third-order valence-electron chi connectivity index (χ3n) is 11.2. The third kappa shape index (κ3) is 12.5. The van der Waals surface area contributed by atoms with E-state index in [2.05, 4.69) is 24.1 Å². The first-order valence-corrected chi connectivity index (χ1v) is 21.6. The van der Waals surface area contributed by atoms with Gasteiger partial charge >= 0.3 is 12.1 Å². The fourth-order valence-corrected chi connectivity index (χ4v) is 8.89. The Morgan fingerprint density at radius 1 is 0.932 bits per heavy atom. The summed E-state index contributed by atoms with van der Waals surface area (Å²) in [5.41, 5.74) is -0.576. The Bertz CT molecular complexity index is 1810. The highest BCUT2D eigenvalue weighted by Crippen LogP contribution is 2.30. The van der Waals surface area contributed by atoms with E-state index in [1.165, 1.54) is 14.0 Å². The Balaban J connectivity index is 1.77. The molecule has 2 fully saturated rings. The quantitative estimate of drug-likeness (QED) is 0.208. The number of hydrogen-bond acceptors (Lipinski definition) is 9. The number of likely N-dealkylation sites (tertiary alicyclic amines) is 2. The van der Waals surface area contributed by atoms with E-state index >= 15 is 0 Å². The van der Waals surface area contributed by atoms with E-state index in [1.807, 2.05) is 39.3 Å². The van der Waals surface area contributed by atoms with Gasteiger partial charge in [0.2, 0.25) is 23.6 Å². The number of nitrogens with one attached hydrogen (secondary N) is 3. The van der Waals surface area contributed by atoms with Crippen molar-refractivity contribution in [2.75, 3.05) is 32.6 Å². The summed E-state index contributed by atoms with van der Waals surface area (Å²) in [5.74, 6) is -5.17. The van der Waals surface area contributed by atoms with Gasteiger partial charge in [0, 0.05) is 38.0 Å². The highest BCUT2D eigenvalue weighted by Gasteiger charge is 2.43. The molecule has 0 aliphatic carbocycles. The van der Waals surface area contributed by atoms with Crippen molar-refractivity contribution in [2.45, 2.75) is 142 Å². The van der Waals surface area contributed by atoms with Crippen molar-refractivity contribution < 1.29 is 50.3 Å². The molecular weight excluding hydrogens is 794 g/mol. The summed E-state index contributed by atoms with van der Waals surface area (Å²) in [4.78, 5) is 71.7. The number of hydrogen-bond donors (Lipinski definition) is 3. The maximum atomic E-state index is 14.3. The van der Waals surface area contributed by atoms with Crippen molar-refractivity contribution in [3.8, 4) is 0 Å². The van der Waals surface area contributed by atoms with Gasteiger partial charge in [0.15, 0.2) is 0 Å². The molecule has 0 spiro atoms. The van der Waals surface area contributed by atoms with Gasteiger partial charge in [-0.05, 0) is 88.6 Å². The monoisotopic (exact) mass is 856 g/mol. The van der Waals surface area contributed by atoms with Crippen molar-refractivity contribution in [3.63, 3.8) is 0 Å². The van der Waals surface area contributed by atoms with Gasteiger partial charge in [-0.1, -0.05) is 54.0 Å². The second kappa shape index (κ2) is 20.0. The first kappa shape index (κ1) is 49.3. The molecule has 59 heavy (non-hydrogen) atoms. The van der Waals surface area contributed by atoms with Crippen LogP contribution in [-0.4, -0.2) is 122 Å². The van der Waals surface area contributed by atoms with Crippen LogP contribution in [0.4, 0.5) is 18.9 Å². The Labute approximate surface area is 347 Å². The normalized spacial score (nSPS) is 20.5. The number of nitrogens with zero attached hydrogens (tertiary/aromatic N) is 3. The number of halogens is 3. The number of anilines is 1. The van der Waals surface area contributed by atoms with E-state index in [0.29, 0.717) is 31.4 Å². The van der Waals surface area contributed by atoms with Crippen molar-refractivity contribution in [1.82, 2.24) is 24.7 Å². The summed E-state index contributed by atoms with van der Waals surface area (Å²) >= 11 is 0. The third-order valence-corrected chi connectivity index (χ3v) is 12.5. The molecule has 0 bridgehead atoms. The van der Waals surface area contributed by atoms with E-state index in [4.69, 9.17) is 4.74 Å². The molecule has 3 rings (SSSR count). The van der Waals surface area contributed by atoms with E-state index in [9.17, 15) is 45.6 Å². The molecule has 2 heterocycles. The molecule has 2 aliphatic rings. The van der Waals surface area contributed by atoms with Crippen LogP contribution in [-0.2, 0) is 38.7 Å². The minimum absolute atomic E-state index is 0.126. The zero-order valence-electron chi connectivity index (χ0n) is 36.1. The number of likely N-dealkylation sites (N-methyl/N-ethyl adjacent to an activating group) is 1. The molecule has 332 valence electrons. The fourth-order valence-electron chi connectivity index (χ4n) is 7.83. The summed E-state index contributed by atoms with van der Waals surface area (Å²) < 4.78 is 71.7. The standard InChI is InChI=1S/C41H63F3N6O8S/c1-24(2)32(48(10)38(54)34(40(7,8)9)46-36(52)31-15-12-13-21-49(31)25(3)4)23-26(5)37(53)50-22-14-16-30(50)33(58-11)27(6)35(51)47-59(56,57)29-19-17-28(18-20-29)45-39(55)41(42,43)44/h17-20,23-25,27,30-34H,12-16,21-22H2,1-11H3,(H,45,55)(H,46,52)(H,47,51)/b26-23+/t27-,30+,31-,32-,33-,34-/m1/s1.